The normalized spacial score (nSPS) is 13.7. The maximum absolute atomic E-state index is 12.9. The third-order valence-corrected chi connectivity index (χ3v) is 6.34. The lowest BCUT2D eigenvalue weighted by molar-refractivity contribution is -0.133. The van der Waals surface area contributed by atoms with E-state index in [0.717, 1.165) is 23.3 Å². The van der Waals surface area contributed by atoms with E-state index >= 15 is 0 Å². The first kappa shape index (κ1) is 26.2. The largest absolute Gasteiger partial charge is 0.497 e. The molecule has 2 aromatic rings. The third-order valence-electron chi connectivity index (χ3n) is 6.34. The summed E-state index contributed by atoms with van der Waals surface area (Å²) in [6.45, 7) is 2.47. The van der Waals surface area contributed by atoms with E-state index in [2.05, 4.69) is 0 Å². The Morgan fingerprint density at radius 1 is 0.686 bits per heavy atom. The van der Waals surface area contributed by atoms with Crippen molar-refractivity contribution < 1.29 is 28.5 Å². The first-order valence-corrected chi connectivity index (χ1v) is 12.0. The summed E-state index contributed by atoms with van der Waals surface area (Å²) in [5.74, 6) is 2.72. The average Bonchev–Trinajstić information content (AvgIpc) is 3.16. The molecule has 1 heterocycles. The van der Waals surface area contributed by atoms with Crippen LogP contribution in [-0.4, -0.2) is 76.2 Å². The topological polar surface area (TPSA) is 77.5 Å². The van der Waals surface area contributed by atoms with Gasteiger partial charge in [-0.15, -0.1) is 0 Å². The monoisotopic (exact) mass is 484 g/mol. The molecule has 1 fully saturated rings. The molecule has 0 atom stereocenters. The number of aryl methyl sites for hydroxylation is 2. The fraction of sp³-hybridized carbons (Fsp3) is 0.481. The second kappa shape index (κ2) is 12.9. The molecule has 0 saturated carbocycles. The average molecular weight is 485 g/mol. The van der Waals surface area contributed by atoms with Crippen molar-refractivity contribution in [3.05, 3.63) is 47.5 Å². The van der Waals surface area contributed by atoms with Crippen LogP contribution in [0, 0.1) is 0 Å². The van der Waals surface area contributed by atoms with E-state index in [1.165, 1.54) is 0 Å². The van der Waals surface area contributed by atoms with Crippen LogP contribution in [0.1, 0.15) is 30.4 Å². The van der Waals surface area contributed by atoms with Crippen LogP contribution in [0.15, 0.2) is 36.4 Å². The van der Waals surface area contributed by atoms with Crippen molar-refractivity contribution in [2.75, 3.05) is 54.6 Å². The zero-order valence-corrected chi connectivity index (χ0v) is 21.2. The van der Waals surface area contributed by atoms with Gasteiger partial charge in [0, 0.05) is 39.0 Å². The van der Waals surface area contributed by atoms with E-state index in [9.17, 15) is 9.59 Å². The lowest BCUT2D eigenvalue weighted by Crippen LogP contribution is -2.37. The smallest absolute Gasteiger partial charge is 0.222 e. The number of rotatable bonds is 10. The van der Waals surface area contributed by atoms with Crippen molar-refractivity contribution in [3.63, 3.8) is 0 Å². The lowest BCUT2D eigenvalue weighted by Gasteiger charge is -2.22. The van der Waals surface area contributed by atoms with Crippen LogP contribution < -0.4 is 18.9 Å². The van der Waals surface area contributed by atoms with Gasteiger partial charge < -0.3 is 28.7 Å². The molecule has 3 rings (SSSR count). The van der Waals surface area contributed by atoms with Gasteiger partial charge in [0.25, 0.3) is 0 Å². The number of benzene rings is 2. The molecule has 0 spiro atoms. The maximum Gasteiger partial charge on any atom is 0.222 e. The van der Waals surface area contributed by atoms with Crippen molar-refractivity contribution in [2.24, 2.45) is 0 Å². The summed E-state index contributed by atoms with van der Waals surface area (Å²) in [5, 5.41) is 0. The van der Waals surface area contributed by atoms with Crippen LogP contribution in [0.2, 0.25) is 0 Å². The Morgan fingerprint density at radius 3 is 1.66 bits per heavy atom. The molecule has 2 amide bonds. The second-order valence-electron chi connectivity index (χ2n) is 8.50. The number of ether oxygens (including phenoxy) is 4. The summed E-state index contributed by atoms with van der Waals surface area (Å²) in [6.07, 6.45) is 2.88. The number of carbonyl (C=O) groups excluding carboxylic acids is 2. The van der Waals surface area contributed by atoms with Gasteiger partial charge in [-0.05, 0) is 54.7 Å². The SMILES string of the molecule is COc1ccc(CCC(=O)N2CCCN(C(=O)CCc3cc(OC)c(OC)c(OC)c3)CC2)cc1. The molecule has 1 aliphatic heterocycles. The van der Waals surface area contributed by atoms with Gasteiger partial charge in [-0.2, -0.15) is 0 Å². The molecule has 1 saturated heterocycles. The van der Waals surface area contributed by atoms with Gasteiger partial charge >= 0.3 is 0 Å². The van der Waals surface area contributed by atoms with Gasteiger partial charge in [-0.25, -0.2) is 0 Å². The van der Waals surface area contributed by atoms with Crippen LogP contribution in [-0.2, 0) is 22.4 Å². The minimum Gasteiger partial charge on any atom is -0.497 e. The van der Waals surface area contributed by atoms with Crippen LogP contribution in [0.5, 0.6) is 23.0 Å². The molecule has 0 N–H and O–H groups in total. The van der Waals surface area contributed by atoms with Gasteiger partial charge in [0.2, 0.25) is 17.6 Å². The van der Waals surface area contributed by atoms with Crippen LogP contribution in [0.25, 0.3) is 0 Å². The second-order valence-corrected chi connectivity index (χ2v) is 8.50. The molecule has 0 bridgehead atoms. The molecule has 8 heteroatoms. The van der Waals surface area contributed by atoms with Crippen molar-refractivity contribution in [1.29, 1.82) is 0 Å². The van der Waals surface area contributed by atoms with Crippen molar-refractivity contribution in [2.45, 2.75) is 32.1 Å². The summed E-state index contributed by atoms with van der Waals surface area (Å²) in [5.41, 5.74) is 2.05. The third kappa shape index (κ3) is 7.04. The van der Waals surface area contributed by atoms with Gasteiger partial charge in [0.15, 0.2) is 11.5 Å². The van der Waals surface area contributed by atoms with E-state index in [1.54, 1.807) is 28.4 Å². The minimum absolute atomic E-state index is 0.0892. The summed E-state index contributed by atoms with van der Waals surface area (Å²) >= 11 is 0. The maximum atomic E-state index is 12.9. The van der Waals surface area contributed by atoms with Gasteiger partial charge in [-0.1, -0.05) is 12.1 Å². The molecular formula is C27H36N2O6. The molecule has 0 aliphatic carbocycles. The molecule has 0 aromatic heterocycles. The van der Waals surface area contributed by atoms with E-state index in [1.807, 2.05) is 46.2 Å². The van der Waals surface area contributed by atoms with E-state index in [4.69, 9.17) is 18.9 Å². The first-order chi connectivity index (χ1) is 17.0. The van der Waals surface area contributed by atoms with Gasteiger partial charge in [-0.3, -0.25) is 9.59 Å². The predicted molar refractivity (Wildman–Crippen MR) is 134 cm³/mol. The Labute approximate surface area is 207 Å². The number of nitrogens with zero attached hydrogens (tertiary/aromatic N) is 2. The van der Waals surface area contributed by atoms with Crippen LogP contribution >= 0.6 is 0 Å². The molecule has 8 nitrogen and oxygen atoms in total. The highest BCUT2D eigenvalue weighted by atomic mass is 16.5. The Kier molecular flexibility index (Phi) is 9.64. The Morgan fingerprint density at radius 2 is 1.20 bits per heavy atom. The minimum atomic E-state index is 0.0892. The predicted octanol–water partition coefficient (Wildman–Crippen LogP) is 3.35. The summed E-state index contributed by atoms with van der Waals surface area (Å²) < 4.78 is 21.4. The Hall–Kier alpha value is -3.42. The van der Waals surface area contributed by atoms with Crippen LogP contribution in [0.4, 0.5) is 0 Å². The Bertz CT molecular complexity index is 967. The zero-order chi connectivity index (χ0) is 25.2. The number of hydrogen-bond donors (Lipinski definition) is 0. The van der Waals surface area contributed by atoms with E-state index in [0.29, 0.717) is 69.1 Å². The van der Waals surface area contributed by atoms with E-state index in [-0.39, 0.29) is 11.8 Å². The summed E-state index contributed by atoms with van der Waals surface area (Å²) in [6, 6.07) is 11.5. The molecule has 0 radical (unpaired) electrons. The molecule has 0 unspecified atom stereocenters. The molecular weight excluding hydrogens is 448 g/mol. The molecule has 190 valence electrons. The van der Waals surface area contributed by atoms with Crippen molar-refractivity contribution in [1.82, 2.24) is 9.80 Å². The van der Waals surface area contributed by atoms with Gasteiger partial charge in [0.05, 0.1) is 28.4 Å². The number of hydrogen-bond acceptors (Lipinski definition) is 6. The number of methoxy groups -OCH3 is 4. The van der Waals surface area contributed by atoms with Crippen LogP contribution in [0.3, 0.4) is 0 Å². The van der Waals surface area contributed by atoms with E-state index < -0.39 is 0 Å². The first-order valence-electron chi connectivity index (χ1n) is 12.0. The summed E-state index contributed by atoms with van der Waals surface area (Å²) in [7, 11) is 6.36. The van der Waals surface area contributed by atoms with Gasteiger partial charge in [0.1, 0.15) is 5.75 Å². The molecule has 1 aliphatic rings. The van der Waals surface area contributed by atoms with Crippen molar-refractivity contribution in [3.8, 4) is 23.0 Å². The number of amides is 2. The molecule has 2 aromatic carbocycles. The highest BCUT2D eigenvalue weighted by Crippen LogP contribution is 2.38. The Balaban J connectivity index is 1.49. The zero-order valence-electron chi connectivity index (χ0n) is 21.2. The standard InChI is InChI=1S/C27H36N2O6/c1-32-22-10-6-20(7-11-22)8-12-25(30)28-14-5-15-29(17-16-28)26(31)13-9-21-18-23(33-2)27(35-4)24(19-21)34-3/h6-7,10-11,18-19H,5,8-9,12-17H2,1-4H3. The summed E-state index contributed by atoms with van der Waals surface area (Å²) in [4.78, 5) is 29.4. The molecule has 35 heavy (non-hydrogen) atoms. The lowest BCUT2D eigenvalue weighted by atomic mass is 10.1. The fourth-order valence-electron chi connectivity index (χ4n) is 4.31. The highest BCUT2D eigenvalue weighted by molar-refractivity contribution is 5.78. The quantitative estimate of drug-likeness (QED) is 0.515. The fourth-order valence-corrected chi connectivity index (χ4v) is 4.31. The number of carbonyl (C=O) groups is 2. The highest BCUT2D eigenvalue weighted by Gasteiger charge is 2.22. The van der Waals surface area contributed by atoms with Crippen molar-refractivity contribution >= 4 is 11.8 Å².